The van der Waals surface area contributed by atoms with Crippen LogP contribution in [0.15, 0.2) is 18.2 Å². The highest BCUT2D eigenvalue weighted by Crippen LogP contribution is 2.36. The van der Waals surface area contributed by atoms with Crippen LogP contribution in [-0.2, 0) is 4.79 Å². The van der Waals surface area contributed by atoms with Crippen LogP contribution in [0.4, 0.5) is 0 Å². The van der Waals surface area contributed by atoms with Gasteiger partial charge in [-0.2, -0.15) is 0 Å². The molecule has 1 N–H and O–H groups in total. The molecule has 1 aromatic rings. The van der Waals surface area contributed by atoms with Gasteiger partial charge in [-0.3, -0.25) is 4.79 Å². The molecule has 0 aliphatic carbocycles. The van der Waals surface area contributed by atoms with Gasteiger partial charge in [-0.25, -0.2) is 0 Å². The molecule has 138 valence electrons. The van der Waals surface area contributed by atoms with Gasteiger partial charge in [0.05, 0.1) is 19.2 Å². The van der Waals surface area contributed by atoms with Crippen LogP contribution >= 0.6 is 11.6 Å². The highest BCUT2D eigenvalue weighted by molar-refractivity contribution is 6.32. The average molecular weight is 367 g/mol. The summed E-state index contributed by atoms with van der Waals surface area (Å²) in [5.74, 6) is 0.947. The van der Waals surface area contributed by atoms with Gasteiger partial charge in [0.25, 0.3) is 0 Å². The largest absolute Gasteiger partial charge is 0.493 e. The molecule has 0 radical (unpaired) electrons. The maximum absolute atomic E-state index is 12.2. The van der Waals surface area contributed by atoms with Gasteiger partial charge in [-0.05, 0) is 49.6 Å². The van der Waals surface area contributed by atoms with Crippen molar-refractivity contribution in [2.24, 2.45) is 0 Å². The molecule has 6 heteroatoms. The number of hydrogen-bond acceptors (Lipinski definition) is 4. The summed E-state index contributed by atoms with van der Waals surface area (Å²) in [6.45, 7) is 5.43. The number of piperidine rings is 1. The number of halogens is 1. The third-order valence-electron chi connectivity index (χ3n) is 4.36. The lowest BCUT2D eigenvalue weighted by atomic mass is 10.0. The van der Waals surface area contributed by atoms with Crippen LogP contribution in [0.25, 0.3) is 6.08 Å². The number of nitrogens with zero attached hydrogens (tertiary/aromatic N) is 1. The van der Waals surface area contributed by atoms with Crippen LogP contribution < -0.4 is 14.8 Å². The fourth-order valence-electron chi connectivity index (χ4n) is 3.07. The summed E-state index contributed by atoms with van der Waals surface area (Å²) in [5.41, 5.74) is 0.788. The summed E-state index contributed by atoms with van der Waals surface area (Å²) >= 11 is 6.18. The molecule has 0 spiro atoms. The number of nitrogens with one attached hydrogen (secondary N) is 1. The molecule has 1 aliphatic rings. The van der Waals surface area contributed by atoms with Crippen LogP contribution in [0.3, 0.4) is 0 Å². The normalized spacial score (nSPS) is 16.2. The Hall–Kier alpha value is -1.72. The molecule has 25 heavy (non-hydrogen) atoms. The molecule has 0 atom stereocenters. The van der Waals surface area contributed by atoms with Crippen molar-refractivity contribution in [3.8, 4) is 11.5 Å². The zero-order valence-corrected chi connectivity index (χ0v) is 15.9. The Morgan fingerprint density at radius 3 is 2.64 bits per heavy atom. The molecule has 1 aromatic carbocycles. The first kappa shape index (κ1) is 19.6. The van der Waals surface area contributed by atoms with Crippen LogP contribution in [-0.4, -0.2) is 50.7 Å². The third-order valence-corrected chi connectivity index (χ3v) is 4.64. The number of ether oxygens (including phenoxy) is 2. The number of carbonyl (C=O) groups is 1. The molecular weight excluding hydrogens is 340 g/mol. The minimum atomic E-state index is -0.0835. The Balaban J connectivity index is 1.91. The molecule has 1 amide bonds. The van der Waals surface area contributed by atoms with E-state index in [2.05, 4.69) is 17.1 Å². The van der Waals surface area contributed by atoms with Crippen LogP contribution in [0.2, 0.25) is 5.02 Å². The number of hydrogen-bond donors (Lipinski definition) is 1. The van der Waals surface area contributed by atoms with Crippen molar-refractivity contribution in [3.63, 3.8) is 0 Å². The second-order valence-corrected chi connectivity index (χ2v) is 6.60. The van der Waals surface area contributed by atoms with Gasteiger partial charge in [0.1, 0.15) is 0 Å². The number of benzene rings is 1. The monoisotopic (exact) mass is 366 g/mol. The standard InChI is InChI=1S/C19H27ClN2O3/c1-4-9-22-10-7-15(8-11-22)21-18(23)6-5-14-12-16(20)19(25-3)17(13-14)24-2/h5-6,12-13,15H,4,7-11H2,1-3H3,(H,21,23)/b6-5+. The lowest BCUT2D eigenvalue weighted by Crippen LogP contribution is -2.44. The maximum atomic E-state index is 12.2. The molecule has 1 aliphatic heterocycles. The van der Waals surface area contributed by atoms with E-state index < -0.39 is 0 Å². The Labute approximate surface area is 154 Å². The van der Waals surface area contributed by atoms with Crippen molar-refractivity contribution in [3.05, 3.63) is 28.8 Å². The van der Waals surface area contributed by atoms with E-state index in [0.29, 0.717) is 16.5 Å². The quantitative estimate of drug-likeness (QED) is 0.752. The minimum Gasteiger partial charge on any atom is -0.493 e. The third kappa shape index (κ3) is 5.65. The SMILES string of the molecule is CCCN1CCC(NC(=O)/C=C/c2cc(Cl)c(OC)c(OC)c2)CC1. The lowest BCUT2D eigenvalue weighted by molar-refractivity contribution is -0.117. The summed E-state index contributed by atoms with van der Waals surface area (Å²) in [5, 5.41) is 3.53. The first-order valence-electron chi connectivity index (χ1n) is 8.69. The van der Waals surface area contributed by atoms with Crippen molar-refractivity contribution >= 4 is 23.6 Å². The van der Waals surface area contributed by atoms with E-state index in [1.807, 2.05) is 0 Å². The van der Waals surface area contributed by atoms with Crippen LogP contribution in [0.1, 0.15) is 31.7 Å². The van der Waals surface area contributed by atoms with Crippen molar-refractivity contribution in [1.82, 2.24) is 10.2 Å². The number of rotatable bonds is 7. The molecule has 0 aromatic heterocycles. The predicted molar refractivity (Wildman–Crippen MR) is 101 cm³/mol. The van der Waals surface area contributed by atoms with E-state index in [0.717, 1.165) is 38.0 Å². The number of methoxy groups -OCH3 is 2. The average Bonchev–Trinajstić information content (AvgIpc) is 2.61. The molecule has 2 rings (SSSR count). The highest BCUT2D eigenvalue weighted by Gasteiger charge is 2.19. The molecule has 0 unspecified atom stereocenters. The zero-order valence-electron chi connectivity index (χ0n) is 15.2. The van der Waals surface area contributed by atoms with Gasteiger partial charge in [0.2, 0.25) is 5.91 Å². The van der Waals surface area contributed by atoms with E-state index in [4.69, 9.17) is 21.1 Å². The smallest absolute Gasteiger partial charge is 0.244 e. The Kier molecular flexibility index (Phi) is 7.59. The second kappa shape index (κ2) is 9.68. The van der Waals surface area contributed by atoms with Crippen LogP contribution in [0, 0.1) is 0 Å². The zero-order chi connectivity index (χ0) is 18.2. The molecule has 5 nitrogen and oxygen atoms in total. The van der Waals surface area contributed by atoms with E-state index in [9.17, 15) is 4.79 Å². The van der Waals surface area contributed by atoms with Gasteiger partial charge < -0.3 is 19.7 Å². The topological polar surface area (TPSA) is 50.8 Å². The van der Waals surface area contributed by atoms with Gasteiger partial charge in [-0.15, -0.1) is 0 Å². The number of carbonyl (C=O) groups excluding carboxylic acids is 1. The Bertz CT molecular complexity index is 611. The van der Waals surface area contributed by atoms with Crippen LogP contribution in [0.5, 0.6) is 11.5 Å². The van der Waals surface area contributed by atoms with Gasteiger partial charge >= 0.3 is 0 Å². The maximum Gasteiger partial charge on any atom is 0.244 e. The lowest BCUT2D eigenvalue weighted by Gasteiger charge is -2.31. The number of amides is 1. The van der Waals surface area contributed by atoms with E-state index in [1.54, 1.807) is 32.4 Å². The molecular formula is C19H27ClN2O3. The molecule has 1 fully saturated rings. The predicted octanol–water partition coefficient (Wildman–Crippen LogP) is 3.36. The Morgan fingerprint density at radius 2 is 2.04 bits per heavy atom. The molecule has 0 saturated carbocycles. The molecule has 0 bridgehead atoms. The van der Waals surface area contributed by atoms with Gasteiger partial charge in [0, 0.05) is 25.2 Å². The summed E-state index contributed by atoms with van der Waals surface area (Å²) in [4.78, 5) is 14.6. The first-order valence-corrected chi connectivity index (χ1v) is 9.07. The summed E-state index contributed by atoms with van der Waals surface area (Å²) in [6, 6.07) is 3.78. The van der Waals surface area contributed by atoms with E-state index >= 15 is 0 Å². The van der Waals surface area contributed by atoms with Crippen molar-refractivity contribution in [2.75, 3.05) is 33.9 Å². The first-order chi connectivity index (χ1) is 12.1. The molecule has 1 saturated heterocycles. The van der Waals surface area contributed by atoms with Gasteiger partial charge in [0.15, 0.2) is 11.5 Å². The van der Waals surface area contributed by atoms with E-state index in [-0.39, 0.29) is 11.9 Å². The van der Waals surface area contributed by atoms with Gasteiger partial charge in [-0.1, -0.05) is 18.5 Å². The fraction of sp³-hybridized carbons (Fsp3) is 0.526. The summed E-state index contributed by atoms with van der Waals surface area (Å²) in [7, 11) is 3.10. The molecule has 1 heterocycles. The van der Waals surface area contributed by atoms with E-state index in [1.165, 1.54) is 12.5 Å². The van der Waals surface area contributed by atoms with Crippen molar-refractivity contribution in [1.29, 1.82) is 0 Å². The van der Waals surface area contributed by atoms with Crippen molar-refractivity contribution < 1.29 is 14.3 Å². The second-order valence-electron chi connectivity index (χ2n) is 6.20. The minimum absolute atomic E-state index is 0.0835. The highest BCUT2D eigenvalue weighted by atomic mass is 35.5. The Morgan fingerprint density at radius 1 is 1.32 bits per heavy atom. The summed E-state index contributed by atoms with van der Waals surface area (Å²) < 4.78 is 10.5. The summed E-state index contributed by atoms with van der Waals surface area (Å²) in [6.07, 6.45) is 6.45. The van der Waals surface area contributed by atoms with Crippen molar-refractivity contribution in [2.45, 2.75) is 32.2 Å². The fourth-order valence-corrected chi connectivity index (χ4v) is 3.37. The number of likely N-dealkylation sites (tertiary alicyclic amines) is 1.